The van der Waals surface area contributed by atoms with Gasteiger partial charge in [-0.1, -0.05) is 13.0 Å². The van der Waals surface area contributed by atoms with Gasteiger partial charge in [0.2, 0.25) is 0 Å². The summed E-state index contributed by atoms with van der Waals surface area (Å²) in [5, 5.41) is 11.9. The average molecular weight is 391 g/mol. The van der Waals surface area contributed by atoms with E-state index in [0.29, 0.717) is 23.2 Å². The van der Waals surface area contributed by atoms with E-state index in [-0.39, 0.29) is 22.6 Å². The molecule has 2 rings (SSSR count). The zero-order valence-electron chi connectivity index (χ0n) is 15.3. The number of methoxy groups -OCH3 is 1. The van der Waals surface area contributed by atoms with Gasteiger partial charge in [-0.2, -0.15) is 0 Å². The number of carbonyl (C=O) groups is 2. The number of hydrogen-bond donors (Lipinski definition) is 2. The Balaban J connectivity index is 2.43. The molecule has 0 radical (unpaired) electrons. The van der Waals surface area contributed by atoms with E-state index in [1.54, 1.807) is 12.1 Å². The average Bonchev–Trinajstić information content (AvgIpc) is 2.60. The smallest absolute Gasteiger partial charge is 0.335 e. The van der Waals surface area contributed by atoms with Gasteiger partial charge in [-0.15, -0.1) is 0 Å². The van der Waals surface area contributed by atoms with E-state index >= 15 is 0 Å². The van der Waals surface area contributed by atoms with Crippen LogP contribution in [0.2, 0.25) is 0 Å². The van der Waals surface area contributed by atoms with Gasteiger partial charge in [0.1, 0.15) is 0 Å². The molecule has 0 saturated heterocycles. The van der Waals surface area contributed by atoms with Crippen LogP contribution in [0.15, 0.2) is 41.3 Å². The summed E-state index contributed by atoms with van der Waals surface area (Å²) >= 11 is 0. The third-order valence-electron chi connectivity index (χ3n) is 3.94. The fraction of sp³-hybridized carbons (Fsp3) is 0.263. The van der Waals surface area contributed by atoms with Crippen molar-refractivity contribution in [3.8, 4) is 0 Å². The van der Waals surface area contributed by atoms with Crippen molar-refractivity contribution in [2.45, 2.75) is 24.8 Å². The monoisotopic (exact) mass is 391 g/mol. The van der Waals surface area contributed by atoms with Crippen molar-refractivity contribution < 1.29 is 27.9 Å². The molecular weight excluding hydrogens is 370 g/mol. The van der Waals surface area contributed by atoms with E-state index in [2.05, 4.69) is 5.32 Å². The lowest BCUT2D eigenvalue weighted by Crippen LogP contribution is -2.16. The number of ether oxygens (including phenoxy) is 1. The van der Waals surface area contributed by atoms with Crippen LogP contribution >= 0.6 is 0 Å². The summed E-state index contributed by atoms with van der Waals surface area (Å²) in [4.78, 5) is 24.1. The summed E-state index contributed by atoms with van der Waals surface area (Å²) in [5.74, 6) is -1.64. The molecule has 0 saturated carbocycles. The van der Waals surface area contributed by atoms with Gasteiger partial charge in [0.15, 0.2) is 9.84 Å². The second-order valence-corrected chi connectivity index (χ2v) is 8.07. The van der Waals surface area contributed by atoms with Crippen LogP contribution in [0.3, 0.4) is 0 Å². The number of aromatic carboxylic acids is 1. The molecule has 1 amide bonds. The fourth-order valence-electron chi connectivity index (χ4n) is 2.64. The second kappa shape index (κ2) is 8.32. The minimum atomic E-state index is -3.46. The van der Waals surface area contributed by atoms with Gasteiger partial charge in [0, 0.05) is 24.6 Å². The maximum atomic E-state index is 12.7. The predicted octanol–water partition coefficient (Wildman–Crippen LogP) is 2.75. The highest BCUT2D eigenvalue weighted by Crippen LogP contribution is 2.21. The molecule has 144 valence electrons. The minimum absolute atomic E-state index is 0.0143. The molecule has 27 heavy (non-hydrogen) atoms. The zero-order valence-corrected chi connectivity index (χ0v) is 16.1. The van der Waals surface area contributed by atoms with E-state index < -0.39 is 21.7 Å². The van der Waals surface area contributed by atoms with E-state index in [4.69, 9.17) is 4.74 Å². The molecule has 0 aliphatic rings. The van der Waals surface area contributed by atoms with Crippen LogP contribution in [0.5, 0.6) is 0 Å². The molecule has 0 spiro atoms. The molecule has 2 aromatic rings. The molecule has 0 atom stereocenters. The Morgan fingerprint density at radius 2 is 1.85 bits per heavy atom. The first-order valence-corrected chi connectivity index (χ1v) is 10.1. The van der Waals surface area contributed by atoms with E-state index in [0.717, 1.165) is 6.26 Å². The third kappa shape index (κ3) is 5.15. The molecule has 0 unspecified atom stereocenters. The summed E-state index contributed by atoms with van der Waals surface area (Å²) in [6.07, 6.45) is 1.61. The number of carboxylic acid groups (broad SMARTS) is 1. The molecule has 2 N–H and O–H groups in total. The third-order valence-corrected chi connectivity index (χ3v) is 5.05. The van der Waals surface area contributed by atoms with Gasteiger partial charge in [-0.05, 0) is 47.9 Å². The Morgan fingerprint density at radius 1 is 1.15 bits per heavy atom. The number of carboxylic acids is 1. The molecule has 8 heteroatoms. The molecule has 2 aromatic carbocycles. The SMILES string of the molecule is CCc1ccc(S(C)(=O)=O)cc1C(=O)Nc1cc(COC)cc(C(=O)O)c1. The first-order chi connectivity index (χ1) is 12.7. The number of aryl methyl sites for hydroxylation is 1. The van der Waals surface area contributed by atoms with Crippen molar-refractivity contribution in [2.75, 3.05) is 18.7 Å². The number of rotatable bonds is 7. The van der Waals surface area contributed by atoms with Crippen molar-refractivity contribution in [1.82, 2.24) is 0 Å². The quantitative estimate of drug-likeness (QED) is 0.751. The molecule has 7 nitrogen and oxygen atoms in total. The van der Waals surface area contributed by atoms with Crippen LogP contribution < -0.4 is 5.32 Å². The molecule has 0 heterocycles. The lowest BCUT2D eigenvalue weighted by Gasteiger charge is -2.12. The minimum Gasteiger partial charge on any atom is -0.478 e. The summed E-state index contributed by atoms with van der Waals surface area (Å²) in [6.45, 7) is 2.04. The maximum absolute atomic E-state index is 12.7. The standard InChI is InChI=1S/C19H21NO6S/c1-4-13-5-6-16(27(3,24)25)10-17(13)18(21)20-15-8-12(11-26-2)7-14(9-15)19(22)23/h5-10H,4,11H2,1-3H3,(H,20,21)(H,22,23). The highest BCUT2D eigenvalue weighted by atomic mass is 32.2. The highest BCUT2D eigenvalue weighted by Gasteiger charge is 2.17. The number of hydrogen-bond acceptors (Lipinski definition) is 5. The molecular formula is C19H21NO6S. The van der Waals surface area contributed by atoms with E-state index in [1.807, 2.05) is 6.92 Å². The number of anilines is 1. The number of amides is 1. The topological polar surface area (TPSA) is 110 Å². The van der Waals surface area contributed by atoms with Crippen LogP contribution in [0, 0.1) is 0 Å². The molecule has 0 aromatic heterocycles. The summed E-state index contributed by atoms with van der Waals surface area (Å²) in [6, 6.07) is 8.82. The van der Waals surface area contributed by atoms with Crippen molar-refractivity contribution in [3.63, 3.8) is 0 Å². The van der Waals surface area contributed by atoms with Gasteiger partial charge >= 0.3 is 5.97 Å². The largest absolute Gasteiger partial charge is 0.478 e. The first kappa shape index (κ1) is 20.6. The number of carbonyl (C=O) groups excluding carboxylic acids is 1. The number of benzene rings is 2. The van der Waals surface area contributed by atoms with Crippen LogP contribution in [0.1, 0.15) is 38.8 Å². The normalized spacial score (nSPS) is 11.2. The summed E-state index contributed by atoms with van der Waals surface area (Å²) < 4.78 is 28.6. The lowest BCUT2D eigenvalue weighted by atomic mass is 10.0. The van der Waals surface area contributed by atoms with Crippen LogP contribution in [-0.4, -0.2) is 38.8 Å². The zero-order chi connectivity index (χ0) is 20.2. The Bertz CT molecular complexity index is 982. The maximum Gasteiger partial charge on any atom is 0.335 e. The first-order valence-electron chi connectivity index (χ1n) is 8.16. The fourth-order valence-corrected chi connectivity index (χ4v) is 3.29. The Kier molecular flexibility index (Phi) is 6.35. The van der Waals surface area contributed by atoms with E-state index in [9.17, 15) is 23.1 Å². The predicted molar refractivity (Wildman–Crippen MR) is 101 cm³/mol. The molecule has 0 aliphatic carbocycles. The van der Waals surface area contributed by atoms with Crippen LogP contribution in [0.25, 0.3) is 0 Å². The highest BCUT2D eigenvalue weighted by molar-refractivity contribution is 7.90. The molecule has 0 fully saturated rings. The lowest BCUT2D eigenvalue weighted by molar-refractivity contribution is 0.0696. The summed E-state index contributed by atoms with van der Waals surface area (Å²) in [5.41, 5.74) is 1.81. The van der Waals surface area contributed by atoms with E-state index in [1.165, 1.54) is 31.4 Å². The number of sulfone groups is 1. The van der Waals surface area contributed by atoms with Gasteiger partial charge in [-0.3, -0.25) is 4.79 Å². The van der Waals surface area contributed by atoms with Gasteiger partial charge in [0.05, 0.1) is 17.1 Å². The van der Waals surface area contributed by atoms with Gasteiger partial charge in [-0.25, -0.2) is 13.2 Å². The Morgan fingerprint density at radius 3 is 2.41 bits per heavy atom. The van der Waals surface area contributed by atoms with Crippen molar-refractivity contribution in [2.24, 2.45) is 0 Å². The van der Waals surface area contributed by atoms with Gasteiger partial charge in [0.25, 0.3) is 5.91 Å². The molecule has 0 aliphatic heterocycles. The van der Waals surface area contributed by atoms with Crippen LogP contribution in [0.4, 0.5) is 5.69 Å². The molecule has 0 bridgehead atoms. The van der Waals surface area contributed by atoms with Crippen molar-refractivity contribution in [3.05, 3.63) is 58.7 Å². The second-order valence-electron chi connectivity index (χ2n) is 6.06. The van der Waals surface area contributed by atoms with Crippen LogP contribution in [-0.2, 0) is 27.6 Å². The number of nitrogens with one attached hydrogen (secondary N) is 1. The summed E-state index contributed by atoms with van der Waals surface area (Å²) in [7, 11) is -1.98. The van der Waals surface area contributed by atoms with Crippen molar-refractivity contribution in [1.29, 1.82) is 0 Å². The van der Waals surface area contributed by atoms with Gasteiger partial charge < -0.3 is 15.2 Å². The Labute approximate surface area is 157 Å². The van der Waals surface area contributed by atoms with Crippen molar-refractivity contribution >= 4 is 27.4 Å². The Hall–Kier alpha value is -2.71.